The number of primary amides is 1. The van der Waals surface area contributed by atoms with Crippen LogP contribution in [0, 0.1) is 0 Å². The molecule has 0 radical (unpaired) electrons. The van der Waals surface area contributed by atoms with E-state index in [1.807, 2.05) is 30.3 Å². The highest BCUT2D eigenvalue weighted by Crippen LogP contribution is 2.03. The summed E-state index contributed by atoms with van der Waals surface area (Å²) in [5.74, 6) is -0.722. The average Bonchev–Trinajstić information content (AvgIpc) is 2.36. The summed E-state index contributed by atoms with van der Waals surface area (Å²) >= 11 is 0. The Labute approximate surface area is 107 Å². The molecule has 0 fully saturated rings. The van der Waals surface area contributed by atoms with Crippen LogP contribution in [-0.4, -0.2) is 24.4 Å². The monoisotopic (exact) mass is 249 g/mol. The first-order valence-corrected chi connectivity index (χ1v) is 5.96. The number of hydrogen-bond acceptors (Lipinski definition) is 3. The maximum absolute atomic E-state index is 11.5. The molecule has 5 heteroatoms. The lowest BCUT2D eigenvalue weighted by atomic mass is 10.1. The molecule has 0 spiro atoms. The van der Waals surface area contributed by atoms with Gasteiger partial charge in [-0.1, -0.05) is 30.3 Å². The van der Waals surface area contributed by atoms with E-state index < -0.39 is 11.9 Å². The molecule has 1 unspecified atom stereocenters. The van der Waals surface area contributed by atoms with E-state index in [0.29, 0.717) is 25.8 Å². The Morgan fingerprint density at radius 2 is 1.89 bits per heavy atom. The van der Waals surface area contributed by atoms with Crippen LogP contribution in [0.1, 0.15) is 18.4 Å². The average molecular weight is 249 g/mol. The topological polar surface area (TPSA) is 98.2 Å². The molecular formula is C13H19N3O2. The number of carbonyl (C=O) groups excluding carboxylic acids is 2. The van der Waals surface area contributed by atoms with Crippen LogP contribution in [0.3, 0.4) is 0 Å². The second kappa shape index (κ2) is 7.45. The SMILES string of the molecule is NCCCC(=O)NC(Cc1ccccc1)C(N)=O. The van der Waals surface area contributed by atoms with Crippen molar-refractivity contribution in [1.82, 2.24) is 5.32 Å². The van der Waals surface area contributed by atoms with Crippen LogP contribution in [0.2, 0.25) is 0 Å². The van der Waals surface area contributed by atoms with E-state index in [4.69, 9.17) is 11.5 Å². The number of hydrogen-bond donors (Lipinski definition) is 3. The molecular weight excluding hydrogens is 230 g/mol. The van der Waals surface area contributed by atoms with E-state index in [1.54, 1.807) is 0 Å². The van der Waals surface area contributed by atoms with Crippen molar-refractivity contribution in [3.63, 3.8) is 0 Å². The Morgan fingerprint density at radius 1 is 1.22 bits per heavy atom. The van der Waals surface area contributed by atoms with Crippen molar-refractivity contribution in [2.45, 2.75) is 25.3 Å². The van der Waals surface area contributed by atoms with Crippen molar-refractivity contribution >= 4 is 11.8 Å². The van der Waals surface area contributed by atoms with Gasteiger partial charge in [-0.25, -0.2) is 0 Å². The second-order valence-corrected chi connectivity index (χ2v) is 4.10. The van der Waals surface area contributed by atoms with Crippen LogP contribution in [0.5, 0.6) is 0 Å². The van der Waals surface area contributed by atoms with Gasteiger partial charge in [0.05, 0.1) is 0 Å². The first-order chi connectivity index (χ1) is 8.63. The summed E-state index contributed by atoms with van der Waals surface area (Å²) in [5.41, 5.74) is 11.6. The Morgan fingerprint density at radius 3 is 2.44 bits per heavy atom. The lowest BCUT2D eigenvalue weighted by molar-refractivity contribution is -0.127. The number of carbonyl (C=O) groups is 2. The van der Waals surface area contributed by atoms with Crippen LogP contribution in [0.4, 0.5) is 0 Å². The predicted molar refractivity (Wildman–Crippen MR) is 69.6 cm³/mol. The number of benzene rings is 1. The fraction of sp³-hybridized carbons (Fsp3) is 0.385. The van der Waals surface area contributed by atoms with Crippen molar-refractivity contribution in [3.8, 4) is 0 Å². The molecule has 0 heterocycles. The molecule has 0 aliphatic carbocycles. The zero-order chi connectivity index (χ0) is 13.4. The predicted octanol–water partition coefficient (Wildman–Crippen LogP) is -0.0619. The minimum atomic E-state index is -0.669. The van der Waals surface area contributed by atoms with E-state index in [9.17, 15) is 9.59 Å². The Bertz CT molecular complexity index is 392. The van der Waals surface area contributed by atoms with Crippen molar-refractivity contribution in [1.29, 1.82) is 0 Å². The molecule has 1 aromatic carbocycles. The molecule has 1 atom stereocenters. The molecule has 98 valence electrons. The van der Waals surface area contributed by atoms with Crippen LogP contribution in [-0.2, 0) is 16.0 Å². The molecule has 1 aromatic rings. The highest BCUT2D eigenvalue weighted by Gasteiger charge is 2.17. The summed E-state index contributed by atoms with van der Waals surface area (Å²) in [6.45, 7) is 0.452. The van der Waals surface area contributed by atoms with Gasteiger partial charge in [-0.05, 0) is 18.5 Å². The lowest BCUT2D eigenvalue weighted by Crippen LogP contribution is -2.45. The summed E-state index contributed by atoms with van der Waals surface area (Å²) < 4.78 is 0. The van der Waals surface area contributed by atoms with Gasteiger partial charge in [-0.2, -0.15) is 0 Å². The quantitative estimate of drug-likeness (QED) is 0.631. The van der Waals surface area contributed by atoms with Gasteiger partial charge in [-0.15, -0.1) is 0 Å². The van der Waals surface area contributed by atoms with Gasteiger partial charge in [0.2, 0.25) is 11.8 Å². The van der Waals surface area contributed by atoms with Crippen molar-refractivity contribution in [2.75, 3.05) is 6.54 Å². The van der Waals surface area contributed by atoms with Crippen molar-refractivity contribution in [3.05, 3.63) is 35.9 Å². The molecule has 0 aromatic heterocycles. The molecule has 0 aliphatic rings. The lowest BCUT2D eigenvalue weighted by Gasteiger charge is -2.15. The van der Waals surface area contributed by atoms with Crippen LogP contribution >= 0.6 is 0 Å². The number of nitrogens with one attached hydrogen (secondary N) is 1. The molecule has 0 aliphatic heterocycles. The van der Waals surface area contributed by atoms with Gasteiger partial charge < -0.3 is 16.8 Å². The third kappa shape index (κ3) is 4.97. The third-order valence-electron chi connectivity index (χ3n) is 2.57. The summed E-state index contributed by atoms with van der Waals surface area (Å²) in [5, 5.41) is 2.63. The van der Waals surface area contributed by atoms with Crippen molar-refractivity contribution in [2.24, 2.45) is 11.5 Å². The minimum absolute atomic E-state index is 0.194. The third-order valence-corrected chi connectivity index (χ3v) is 2.57. The van der Waals surface area contributed by atoms with E-state index in [2.05, 4.69) is 5.32 Å². The minimum Gasteiger partial charge on any atom is -0.368 e. The van der Waals surface area contributed by atoms with E-state index in [1.165, 1.54) is 0 Å². The van der Waals surface area contributed by atoms with E-state index in [-0.39, 0.29) is 5.91 Å². The summed E-state index contributed by atoms with van der Waals surface area (Å²) in [6.07, 6.45) is 1.32. The Hall–Kier alpha value is -1.88. The standard InChI is InChI=1S/C13H19N3O2/c14-8-4-7-12(17)16-11(13(15)18)9-10-5-2-1-3-6-10/h1-3,5-6,11H,4,7-9,14H2,(H2,15,18)(H,16,17). The second-order valence-electron chi connectivity index (χ2n) is 4.10. The Balaban J connectivity index is 2.55. The van der Waals surface area contributed by atoms with Crippen LogP contribution in [0.15, 0.2) is 30.3 Å². The van der Waals surface area contributed by atoms with Crippen molar-refractivity contribution < 1.29 is 9.59 Å². The first kappa shape index (κ1) is 14.2. The smallest absolute Gasteiger partial charge is 0.240 e. The molecule has 0 bridgehead atoms. The fourth-order valence-corrected chi connectivity index (χ4v) is 1.60. The molecule has 0 saturated heterocycles. The largest absolute Gasteiger partial charge is 0.368 e. The van der Waals surface area contributed by atoms with Crippen LogP contribution < -0.4 is 16.8 Å². The molecule has 5 nitrogen and oxygen atoms in total. The number of rotatable bonds is 7. The highest BCUT2D eigenvalue weighted by molar-refractivity contribution is 5.86. The zero-order valence-electron chi connectivity index (χ0n) is 10.3. The normalized spacial score (nSPS) is 11.8. The van der Waals surface area contributed by atoms with Gasteiger partial charge in [-0.3, -0.25) is 9.59 Å². The van der Waals surface area contributed by atoms with Gasteiger partial charge in [0, 0.05) is 12.8 Å². The molecule has 5 N–H and O–H groups in total. The fourth-order valence-electron chi connectivity index (χ4n) is 1.60. The van der Waals surface area contributed by atoms with Gasteiger partial charge >= 0.3 is 0 Å². The number of nitrogens with two attached hydrogens (primary N) is 2. The summed E-state index contributed by atoms with van der Waals surface area (Å²) in [4.78, 5) is 22.8. The molecule has 18 heavy (non-hydrogen) atoms. The van der Waals surface area contributed by atoms with E-state index >= 15 is 0 Å². The van der Waals surface area contributed by atoms with Gasteiger partial charge in [0.15, 0.2) is 0 Å². The van der Waals surface area contributed by atoms with Crippen LogP contribution in [0.25, 0.3) is 0 Å². The maximum Gasteiger partial charge on any atom is 0.240 e. The molecule has 0 saturated carbocycles. The summed E-state index contributed by atoms with van der Waals surface area (Å²) in [7, 11) is 0. The van der Waals surface area contributed by atoms with E-state index in [0.717, 1.165) is 5.56 Å². The Kier molecular flexibility index (Phi) is 5.87. The first-order valence-electron chi connectivity index (χ1n) is 5.96. The zero-order valence-corrected chi connectivity index (χ0v) is 10.3. The van der Waals surface area contributed by atoms with Gasteiger partial charge in [0.1, 0.15) is 6.04 Å². The van der Waals surface area contributed by atoms with Gasteiger partial charge in [0.25, 0.3) is 0 Å². The molecule has 1 rings (SSSR count). The summed E-state index contributed by atoms with van der Waals surface area (Å²) in [6, 6.07) is 8.76. The maximum atomic E-state index is 11.5. The molecule has 2 amide bonds. The highest BCUT2D eigenvalue weighted by atomic mass is 16.2. The number of amides is 2.